The van der Waals surface area contributed by atoms with E-state index in [0.717, 1.165) is 0 Å². The second-order valence-corrected chi connectivity index (χ2v) is 4.45. The number of amides is 2. The fraction of sp³-hybridized carbons (Fsp3) is 0.818. The third-order valence-electron chi connectivity index (χ3n) is 3.03. The van der Waals surface area contributed by atoms with Gasteiger partial charge in [0.25, 0.3) is 0 Å². The largest absolute Gasteiger partial charge is 0.393 e. The van der Waals surface area contributed by atoms with Crippen LogP contribution in [0.2, 0.25) is 0 Å². The van der Waals surface area contributed by atoms with Crippen molar-refractivity contribution in [1.82, 2.24) is 4.90 Å². The number of piperidine rings is 1. The highest BCUT2D eigenvalue weighted by Gasteiger charge is 2.25. The van der Waals surface area contributed by atoms with Gasteiger partial charge in [-0.25, -0.2) is 0 Å². The van der Waals surface area contributed by atoms with Crippen molar-refractivity contribution in [3.05, 3.63) is 0 Å². The van der Waals surface area contributed by atoms with Gasteiger partial charge >= 0.3 is 0 Å². The number of nitrogens with zero attached hydrogens (tertiary/aromatic N) is 1. The second-order valence-electron chi connectivity index (χ2n) is 4.45. The molecule has 1 saturated heterocycles. The van der Waals surface area contributed by atoms with Crippen molar-refractivity contribution >= 4 is 11.8 Å². The number of carbonyl (C=O) groups is 2. The summed E-state index contributed by atoms with van der Waals surface area (Å²) in [5.74, 6) is -0.291. The fourth-order valence-corrected chi connectivity index (χ4v) is 1.90. The van der Waals surface area contributed by atoms with Gasteiger partial charge in [-0.05, 0) is 26.2 Å². The number of hydrogen-bond donors (Lipinski definition) is 2. The van der Waals surface area contributed by atoms with Crippen molar-refractivity contribution in [2.45, 2.75) is 38.7 Å². The molecule has 0 saturated carbocycles. The Bertz CT molecular complexity index is 258. The highest BCUT2D eigenvalue weighted by Crippen LogP contribution is 2.17. The molecule has 3 N–H and O–H groups in total. The standard InChI is InChI=1S/C11H20N2O3/c1-8(14)2-3-10(15)13-6-4-9(5-7-13)11(12)16/h8-9,14H,2-7H2,1H3,(H2,12,16). The maximum absolute atomic E-state index is 11.7. The molecule has 1 atom stereocenters. The average Bonchev–Trinajstić information content (AvgIpc) is 2.26. The second kappa shape index (κ2) is 5.84. The van der Waals surface area contributed by atoms with Crippen LogP contribution >= 0.6 is 0 Å². The zero-order valence-electron chi connectivity index (χ0n) is 9.69. The summed E-state index contributed by atoms with van der Waals surface area (Å²) in [6.45, 7) is 2.88. The number of aliphatic hydroxyl groups excluding tert-OH is 1. The molecule has 5 nitrogen and oxygen atoms in total. The molecular weight excluding hydrogens is 208 g/mol. The molecule has 0 aromatic carbocycles. The van der Waals surface area contributed by atoms with Crippen LogP contribution in [0.15, 0.2) is 0 Å². The third-order valence-corrected chi connectivity index (χ3v) is 3.03. The van der Waals surface area contributed by atoms with Crippen LogP contribution in [0.25, 0.3) is 0 Å². The van der Waals surface area contributed by atoms with E-state index in [2.05, 4.69) is 0 Å². The maximum atomic E-state index is 11.7. The summed E-state index contributed by atoms with van der Waals surface area (Å²) in [5, 5.41) is 9.08. The Hall–Kier alpha value is -1.10. The topological polar surface area (TPSA) is 83.6 Å². The van der Waals surface area contributed by atoms with Crippen LogP contribution in [0.5, 0.6) is 0 Å². The SMILES string of the molecule is CC(O)CCC(=O)N1CCC(C(N)=O)CC1. The van der Waals surface area contributed by atoms with E-state index in [-0.39, 0.29) is 17.7 Å². The lowest BCUT2D eigenvalue weighted by molar-refractivity contribution is -0.135. The van der Waals surface area contributed by atoms with E-state index in [0.29, 0.717) is 38.8 Å². The quantitative estimate of drug-likeness (QED) is 0.703. The average molecular weight is 228 g/mol. The Labute approximate surface area is 95.6 Å². The lowest BCUT2D eigenvalue weighted by Gasteiger charge is -2.30. The molecule has 0 bridgehead atoms. The highest BCUT2D eigenvalue weighted by molar-refractivity contribution is 5.78. The lowest BCUT2D eigenvalue weighted by Crippen LogP contribution is -2.41. The summed E-state index contributed by atoms with van der Waals surface area (Å²) in [4.78, 5) is 24.4. The van der Waals surface area contributed by atoms with E-state index in [1.807, 2.05) is 0 Å². The molecule has 0 spiro atoms. The van der Waals surface area contributed by atoms with Crippen molar-refractivity contribution in [3.8, 4) is 0 Å². The predicted octanol–water partition coefficient (Wildman–Crippen LogP) is -0.129. The molecule has 0 aliphatic carbocycles. The van der Waals surface area contributed by atoms with E-state index < -0.39 is 6.10 Å². The third kappa shape index (κ3) is 3.81. The fourth-order valence-electron chi connectivity index (χ4n) is 1.90. The number of rotatable bonds is 4. The monoisotopic (exact) mass is 228 g/mol. The zero-order chi connectivity index (χ0) is 12.1. The van der Waals surface area contributed by atoms with Crippen molar-refractivity contribution in [3.63, 3.8) is 0 Å². The molecule has 0 radical (unpaired) electrons. The summed E-state index contributed by atoms with van der Waals surface area (Å²) in [5.41, 5.74) is 5.21. The smallest absolute Gasteiger partial charge is 0.222 e. The highest BCUT2D eigenvalue weighted by atomic mass is 16.3. The van der Waals surface area contributed by atoms with E-state index in [9.17, 15) is 9.59 Å². The van der Waals surface area contributed by atoms with Crippen LogP contribution in [-0.4, -0.2) is 41.0 Å². The minimum Gasteiger partial charge on any atom is -0.393 e. The van der Waals surface area contributed by atoms with Gasteiger partial charge in [-0.15, -0.1) is 0 Å². The number of aliphatic hydroxyl groups is 1. The summed E-state index contributed by atoms with van der Waals surface area (Å²) in [7, 11) is 0. The van der Waals surface area contributed by atoms with E-state index in [1.165, 1.54) is 0 Å². The maximum Gasteiger partial charge on any atom is 0.222 e. The van der Waals surface area contributed by atoms with Crippen LogP contribution in [-0.2, 0) is 9.59 Å². The van der Waals surface area contributed by atoms with Crippen molar-refractivity contribution in [2.75, 3.05) is 13.1 Å². The van der Waals surface area contributed by atoms with Gasteiger partial charge in [0.1, 0.15) is 0 Å². The first-order valence-corrected chi connectivity index (χ1v) is 5.76. The first-order chi connectivity index (χ1) is 7.50. The van der Waals surface area contributed by atoms with Crippen LogP contribution in [0.1, 0.15) is 32.6 Å². The molecule has 92 valence electrons. The molecule has 2 amide bonds. The van der Waals surface area contributed by atoms with Crippen molar-refractivity contribution in [2.24, 2.45) is 11.7 Å². The van der Waals surface area contributed by atoms with Crippen molar-refractivity contribution < 1.29 is 14.7 Å². The van der Waals surface area contributed by atoms with Gasteiger partial charge in [-0.3, -0.25) is 9.59 Å². The van der Waals surface area contributed by atoms with Crippen LogP contribution < -0.4 is 5.73 Å². The lowest BCUT2D eigenvalue weighted by atomic mass is 9.96. The Morgan fingerprint density at radius 3 is 2.44 bits per heavy atom. The van der Waals surface area contributed by atoms with Gasteiger partial charge in [-0.1, -0.05) is 0 Å². The first kappa shape index (κ1) is 13.0. The molecule has 5 heteroatoms. The van der Waals surface area contributed by atoms with Gasteiger partial charge in [-0.2, -0.15) is 0 Å². The molecule has 0 aromatic rings. The molecule has 1 fully saturated rings. The Kier molecular flexibility index (Phi) is 4.73. The molecule has 1 aliphatic rings. The Morgan fingerprint density at radius 2 is 2.00 bits per heavy atom. The van der Waals surface area contributed by atoms with Gasteiger partial charge in [0.15, 0.2) is 0 Å². The summed E-state index contributed by atoms with van der Waals surface area (Å²) < 4.78 is 0. The zero-order valence-corrected chi connectivity index (χ0v) is 9.69. The molecule has 1 heterocycles. The summed E-state index contributed by atoms with van der Waals surface area (Å²) in [6, 6.07) is 0. The van der Waals surface area contributed by atoms with Crippen LogP contribution in [0, 0.1) is 5.92 Å². The normalized spacial score (nSPS) is 19.5. The van der Waals surface area contributed by atoms with Gasteiger partial charge in [0, 0.05) is 25.4 Å². The van der Waals surface area contributed by atoms with Crippen molar-refractivity contribution in [1.29, 1.82) is 0 Å². The molecular formula is C11H20N2O3. The van der Waals surface area contributed by atoms with Crippen LogP contribution in [0.3, 0.4) is 0 Å². The molecule has 1 rings (SSSR count). The van der Waals surface area contributed by atoms with E-state index in [1.54, 1.807) is 11.8 Å². The Balaban J connectivity index is 2.30. The van der Waals surface area contributed by atoms with Crippen LogP contribution in [0.4, 0.5) is 0 Å². The summed E-state index contributed by atoms with van der Waals surface area (Å²) >= 11 is 0. The molecule has 1 aliphatic heterocycles. The van der Waals surface area contributed by atoms with E-state index >= 15 is 0 Å². The van der Waals surface area contributed by atoms with E-state index in [4.69, 9.17) is 10.8 Å². The number of hydrogen-bond acceptors (Lipinski definition) is 3. The summed E-state index contributed by atoms with van der Waals surface area (Å²) in [6.07, 6.45) is 1.76. The minimum absolute atomic E-state index is 0.0591. The minimum atomic E-state index is -0.438. The molecule has 1 unspecified atom stereocenters. The number of carbonyl (C=O) groups excluding carboxylic acids is 2. The van der Waals surface area contributed by atoms with Gasteiger partial charge < -0.3 is 15.7 Å². The first-order valence-electron chi connectivity index (χ1n) is 5.76. The Morgan fingerprint density at radius 1 is 1.44 bits per heavy atom. The number of likely N-dealkylation sites (tertiary alicyclic amines) is 1. The molecule has 16 heavy (non-hydrogen) atoms. The van der Waals surface area contributed by atoms with Gasteiger partial charge in [0.05, 0.1) is 6.10 Å². The number of primary amides is 1. The predicted molar refractivity (Wildman–Crippen MR) is 59.4 cm³/mol. The molecule has 0 aromatic heterocycles. The number of nitrogens with two attached hydrogens (primary N) is 1. The van der Waals surface area contributed by atoms with Gasteiger partial charge in [0.2, 0.25) is 11.8 Å².